The van der Waals surface area contributed by atoms with Crippen LogP contribution in [0.5, 0.6) is 0 Å². The molecule has 0 radical (unpaired) electrons. The molecule has 1 heterocycles. The van der Waals surface area contributed by atoms with Crippen LogP contribution in [0.25, 0.3) is 0 Å². The first-order valence-electron chi connectivity index (χ1n) is 6.65. The Morgan fingerprint density at radius 1 is 1.35 bits per heavy atom. The first-order chi connectivity index (χ1) is 9.40. The molecule has 2 atom stereocenters. The summed E-state index contributed by atoms with van der Waals surface area (Å²) in [5.41, 5.74) is 2.01. The summed E-state index contributed by atoms with van der Waals surface area (Å²) in [6.45, 7) is 5.93. The van der Waals surface area contributed by atoms with Gasteiger partial charge in [-0.05, 0) is 18.4 Å². The number of carbonyl (C=O) groups excluding carboxylic acids is 1. The minimum absolute atomic E-state index is 0.0388. The monoisotopic (exact) mass is 277 g/mol. The summed E-state index contributed by atoms with van der Waals surface area (Å²) < 4.78 is 5.21. The van der Waals surface area contributed by atoms with Gasteiger partial charge in [-0.1, -0.05) is 43.7 Å². The number of hydrogen-bond acceptors (Lipinski definition) is 3. The molecule has 1 N–H and O–H groups in total. The molecule has 5 heteroatoms. The average molecular weight is 277 g/mol. The van der Waals surface area contributed by atoms with E-state index in [1.165, 1.54) is 4.90 Å². The fourth-order valence-corrected chi connectivity index (χ4v) is 2.37. The molecule has 0 saturated carbocycles. The molecule has 1 fully saturated rings. The van der Waals surface area contributed by atoms with E-state index in [1.807, 2.05) is 45.0 Å². The lowest BCUT2D eigenvalue weighted by Crippen LogP contribution is -2.44. The highest BCUT2D eigenvalue weighted by Crippen LogP contribution is 2.27. The van der Waals surface area contributed by atoms with Crippen LogP contribution in [0.15, 0.2) is 24.3 Å². The van der Waals surface area contributed by atoms with Gasteiger partial charge in [0, 0.05) is 0 Å². The van der Waals surface area contributed by atoms with E-state index in [1.54, 1.807) is 0 Å². The molecule has 1 aromatic rings. The lowest BCUT2D eigenvalue weighted by Gasteiger charge is -2.22. The van der Waals surface area contributed by atoms with Gasteiger partial charge in [-0.25, -0.2) is 9.59 Å². The van der Waals surface area contributed by atoms with Crippen molar-refractivity contribution < 1.29 is 19.4 Å². The van der Waals surface area contributed by atoms with Crippen molar-refractivity contribution in [2.24, 2.45) is 5.92 Å². The SMILES string of the molecule is Cc1ccc(CN2C(=O)O[C@@H](C(C)C)[C@@H]2C(=O)O)cc1. The van der Waals surface area contributed by atoms with Crippen molar-refractivity contribution in [2.45, 2.75) is 39.5 Å². The van der Waals surface area contributed by atoms with Crippen LogP contribution in [0, 0.1) is 12.8 Å². The number of carboxylic acid groups (broad SMARTS) is 1. The third-order valence-electron chi connectivity index (χ3n) is 3.50. The lowest BCUT2D eigenvalue weighted by molar-refractivity contribution is -0.143. The Balaban J connectivity index is 2.22. The number of carboxylic acids is 1. The van der Waals surface area contributed by atoms with Gasteiger partial charge < -0.3 is 9.84 Å². The van der Waals surface area contributed by atoms with E-state index >= 15 is 0 Å². The van der Waals surface area contributed by atoms with Crippen molar-refractivity contribution in [3.63, 3.8) is 0 Å². The molecule has 1 aliphatic heterocycles. The maximum Gasteiger partial charge on any atom is 0.411 e. The van der Waals surface area contributed by atoms with Crippen LogP contribution in [-0.4, -0.2) is 34.2 Å². The van der Waals surface area contributed by atoms with Gasteiger partial charge in [0.25, 0.3) is 0 Å². The van der Waals surface area contributed by atoms with E-state index in [9.17, 15) is 14.7 Å². The second kappa shape index (κ2) is 5.53. The third kappa shape index (κ3) is 2.76. The predicted octanol–water partition coefficient (Wildman–Crippen LogP) is 2.43. The third-order valence-corrected chi connectivity index (χ3v) is 3.50. The largest absolute Gasteiger partial charge is 0.480 e. The van der Waals surface area contributed by atoms with Crippen LogP contribution < -0.4 is 0 Å². The zero-order valence-corrected chi connectivity index (χ0v) is 11.9. The van der Waals surface area contributed by atoms with Crippen molar-refractivity contribution in [2.75, 3.05) is 0 Å². The first-order valence-corrected chi connectivity index (χ1v) is 6.65. The molecule has 0 bridgehead atoms. The number of hydrogen-bond donors (Lipinski definition) is 1. The number of benzene rings is 1. The Kier molecular flexibility index (Phi) is 3.97. The highest BCUT2D eigenvalue weighted by Gasteiger charge is 2.47. The number of aryl methyl sites for hydroxylation is 1. The van der Waals surface area contributed by atoms with Crippen LogP contribution >= 0.6 is 0 Å². The molecular weight excluding hydrogens is 258 g/mol. The average Bonchev–Trinajstić information content (AvgIpc) is 2.70. The molecule has 1 saturated heterocycles. The van der Waals surface area contributed by atoms with E-state index in [0.29, 0.717) is 0 Å². The zero-order chi connectivity index (χ0) is 14.9. The molecule has 1 aromatic carbocycles. The number of aliphatic carboxylic acids is 1. The van der Waals surface area contributed by atoms with Crippen molar-refractivity contribution in [3.05, 3.63) is 35.4 Å². The van der Waals surface area contributed by atoms with E-state index in [2.05, 4.69) is 0 Å². The molecule has 0 spiro atoms. The summed E-state index contributed by atoms with van der Waals surface area (Å²) in [5.74, 6) is -1.07. The predicted molar refractivity (Wildman–Crippen MR) is 73.3 cm³/mol. The summed E-state index contributed by atoms with van der Waals surface area (Å²) in [6.07, 6.45) is -1.16. The van der Waals surface area contributed by atoms with Crippen LogP contribution in [0.1, 0.15) is 25.0 Å². The number of rotatable bonds is 4. The molecule has 1 amide bonds. The molecule has 2 rings (SSSR count). The van der Waals surface area contributed by atoms with Gasteiger partial charge in [-0.15, -0.1) is 0 Å². The van der Waals surface area contributed by atoms with Gasteiger partial charge in [0.15, 0.2) is 6.04 Å². The number of carbonyl (C=O) groups is 2. The Morgan fingerprint density at radius 3 is 2.45 bits per heavy atom. The summed E-state index contributed by atoms with van der Waals surface area (Å²) in [6, 6.07) is 6.73. The fraction of sp³-hybridized carbons (Fsp3) is 0.467. The zero-order valence-electron chi connectivity index (χ0n) is 11.9. The van der Waals surface area contributed by atoms with E-state index < -0.39 is 24.2 Å². The Labute approximate surface area is 118 Å². The van der Waals surface area contributed by atoms with Crippen LogP contribution in [0.4, 0.5) is 4.79 Å². The van der Waals surface area contributed by atoms with Crippen LogP contribution in [0.2, 0.25) is 0 Å². The van der Waals surface area contributed by atoms with Crippen molar-refractivity contribution in [1.82, 2.24) is 4.90 Å². The molecule has 1 aliphatic rings. The molecule has 108 valence electrons. The number of ether oxygens (including phenoxy) is 1. The van der Waals surface area contributed by atoms with E-state index in [4.69, 9.17) is 4.74 Å². The maximum absolute atomic E-state index is 11.9. The molecule has 5 nitrogen and oxygen atoms in total. The van der Waals surface area contributed by atoms with E-state index in [-0.39, 0.29) is 12.5 Å². The van der Waals surface area contributed by atoms with E-state index in [0.717, 1.165) is 11.1 Å². The number of nitrogens with zero attached hydrogens (tertiary/aromatic N) is 1. The minimum atomic E-state index is -1.03. The smallest absolute Gasteiger partial charge is 0.411 e. The van der Waals surface area contributed by atoms with Gasteiger partial charge in [0.2, 0.25) is 0 Å². The van der Waals surface area contributed by atoms with Gasteiger partial charge in [0.1, 0.15) is 6.10 Å². The fourth-order valence-electron chi connectivity index (χ4n) is 2.37. The molecule has 0 aliphatic carbocycles. The van der Waals surface area contributed by atoms with Crippen molar-refractivity contribution in [1.29, 1.82) is 0 Å². The molecular formula is C15H19NO4. The van der Waals surface area contributed by atoms with Crippen molar-refractivity contribution in [3.8, 4) is 0 Å². The summed E-state index contributed by atoms with van der Waals surface area (Å²) in [7, 11) is 0. The highest BCUT2D eigenvalue weighted by atomic mass is 16.6. The Morgan fingerprint density at radius 2 is 1.95 bits per heavy atom. The van der Waals surface area contributed by atoms with Crippen molar-refractivity contribution >= 4 is 12.1 Å². The summed E-state index contributed by atoms with van der Waals surface area (Å²) in [5, 5.41) is 9.37. The second-order valence-corrected chi connectivity index (χ2v) is 5.49. The highest BCUT2D eigenvalue weighted by molar-refractivity contribution is 5.83. The number of cyclic esters (lactones) is 1. The Hall–Kier alpha value is -2.04. The summed E-state index contributed by atoms with van der Waals surface area (Å²) in [4.78, 5) is 24.6. The molecule has 0 unspecified atom stereocenters. The Bertz CT molecular complexity index is 509. The normalized spacial score (nSPS) is 22.2. The van der Waals surface area contributed by atoms with Crippen LogP contribution in [0.3, 0.4) is 0 Å². The van der Waals surface area contributed by atoms with Gasteiger partial charge in [-0.3, -0.25) is 4.90 Å². The topological polar surface area (TPSA) is 66.8 Å². The molecule has 20 heavy (non-hydrogen) atoms. The number of amides is 1. The quantitative estimate of drug-likeness (QED) is 0.917. The van der Waals surface area contributed by atoms with Gasteiger partial charge >= 0.3 is 12.1 Å². The first kappa shape index (κ1) is 14.4. The lowest BCUT2D eigenvalue weighted by atomic mass is 9.99. The minimum Gasteiger partial charge on any atom is -0.480 e. The maximum atomic E-state index is 11.9. The second-order valence-electron chi connectivity index (χ2n) is 5.49. The molecule has 0 aromatic heterocycles. The standard InChI is InChI=1S/C15H19NO4/c1-9(2)13-12(14(17)18)16(15(19)20-13)8-11-6-4-10(3)5-7-11/h4-7,9,12-13H,8H2,1-3H3,(H,17,18)/t12-,13+/m1/s1. The van der Waals surface area contributed by atoms with Gasteiger partial charge in [-0.2, -0.15) is 0 Å². The van der Waals surface area contributed by atoms with Crippen LogP contribution in [-0.2, 0) is 16.1 Å². The summed E-state index contributed by atoms with van der Waals surface area (Å²) >= 11 is 0. The van der Waals surface area contributed by atoms with Gasteiger partial charge in [0.05, 0.1) is 6.54 Å².